The highest BCUT2D eigenvalue weighted by Crippen LogP contribution is 2.40. The lowest BCUT2D eigenvalue weighted by Crippen LogP contribution is -2.00. The van der Waals surface area contributed by atoms with Gasteiger partial charge in [-0.2, -0.15) is 5.10 Å². The van der Waals surface area contributed by atoms with Gasteiger partial charge in [0.25, 0.3) is 0 Å². The molecule has 8 nitrogen and oxygen atoms in total. The van der Waals surface area contributed by atoms with Gasteiger partial charge in [0.2, 0.25) is 0 Å². The van der Waals surface area contributed by atoms with Crippen LogP contribution < -0.4 is 9.47 Å². The molecule has 166 valence electrons. The molecule has 32 heavy (non-hydrogen) atoms. The van der Waals surface area contributed by atoms with Crippen molar-refractivity contribution in [2.24, 2.45) is 0 Å². The molecule has 0 fully saturated rings. The average Bonchev–Trinajstić information content (AvgIpc) is 3.21. The van der Waals surface area contributed by atoms with Crippen LogP contribution in [0.3, 0.4) is 0 Å². The lowest BCUT2D eigenvalue weighted by molar-refractivity contribution is 0.270. The van der Waals surface area contributed by atoms with Crippen LogP contribution >= 0.6 is 0 Å². The molecule has 2 heterocycles. The topological polar surface area (TPSA) is 114 Å². The Labute approximate surface area is 185 Å². The molecule has 4 rings (SSSR count). The maximum Gasteiger partial charge on any atom is 0.182 e. The zero-order chi connectivity index (χ0) is 22.9. The Bertz CT molecular complexity index is 1370. The predicted octanol–water partition coefficient (Wildman–Crippen LogP) is 3.35. The first-order chi connectivity index (χ1) is 15.3. The van der Waals surface area contributed by atoms with Gasteiger partial charge in [0, 0.05) is 23.6 Å². The van der Waals surface area contributed by atoms with Crippen molar-refractivity contribution >= 4 is 20.9 Å². The average molecular weight is 454 g/mol. The number of sulfone groups is 1. The summed E-state index contributed by atoms with van der Waals surface area (Å²) in [6.45, 7) is -0.215. The molecule has 0 unspecified atom stereocenters. The molecule has 0 spiro atoms. The van der Waals surface area contributed by atoms with E-state index in [4.69, 9.17) is 9.47 Å². The van der Waals surface area contributed by atoms with Crippen LogP contribution in [-0.4, -0.2) is 49.2 Å². The van der Waals surface area contributed by atoms with E-state index < -0.39 is 9.84 Å². The van der Waals surface area contributed by atoms with Gasteiger partial charge in [-0.05, 0) is 41.0 Å². The first-order valence-corrected chi connectivity index (χ1v) is 11.9. The SMILES string of the molecule is COc1cc(-c2ccnc3n[nH]c(-c4cccc(CS(C)(=O)=O)c4)c23)cc(CO)c1OC. The van der Waals surface area contributed by atoms with Crippen LogP contribution in [0.15, 0.2) is 48.7 Å². The second kappa shape index (κ2) is 8.60. The van der Waals surface area contributed by atoms with Gasteiger partial charge in [-0.15, -0.1) is 0 Å². The fraction of sp³-hybridized carbons (Fsp3) is 0.217. The number of hydrogen-bond acceptors (Lipinski definition) is 7. The molecule has 0 radical (unpaired) electrons. The molecule has 0 aliphatic carbocycles. The Morgan fingerprint density at radius 3 is 2.56 bits per heavy atom. The predicted molar refractivity (Wildman–Crippen MR) is 122 cm³/mol. The van der Waals surface area contributed by atoms with E-state index in [1.165, 1.54) is 13.4 Å². The Morgan fingerprint density at radius 2 is 1.88 bits per heavy atom. The van der Waals surface area contributed by atoms with E-state index in [0.717, 1.165) is 27.8 Å². The van der Waals surface area contributed by atoms with E-state index in [2.05, 4.69) is 15.2 Å². The maximum absolute atomic E-state index is 11.8. The van der Waals surface area contributed by atoms with Gasteiger partial charge in [-0.1, -0.05) is 18.2 Å². The molecule has 9 heteroatoms. The number of pyridine rings is 1. The summed E-state index contributed by atoms with van der Waals surface area (Å²) < 4.78 is 34.4. The van der Waals surface area contributed by atoms with Gasteiger partial charge in [-0.25, -0.2) is 13.4 Å². The van der Waals surface area contributed by atoms with Crippen LogP contribution in [0.2, 0.25) is 0 Å². The summed E-state index contributed by atoms with van der Waals surface area (Å²) in [7, 11) is -0.0961. The van der Waals surface area contributed by atoms with Crippen molar-refractivity contribution in [1.29, 1.82) is 0 Å². The number of benzene rings is 2. The highest BCUT2D eigenvalue weighted by atomic mass is 32.2. The lowest BCUT2D eigenvalue weighted by atomic mass is 9.97. The molecular weight excluding hydrogens is 430 g/mol. The van der Waals surface area contributed by atoms with Gasteiger partial charge < -0.3 is 14.6 Å². The molecule has 0 atom stereocenters. The van der Waals surface area contributed by atoms with E-state index >= 15 is 0 Å². The third-order valence-electron chi connectivity index (χ3n) is 5.14. The summed E-state index contributed by atoms with van der Waals surface area (Å²) in [6.07, 6.45) is 2.88. The van der Waals surface area contributed by atoms with Gasteiger partial charge >= 0.3 is 0 Å². The standard InChI is InChI=1S/C23H23N3O5S/c1-30-19-11-16(10-17(12-27)22(19)31-2)18-7-8-24-23-20(18)21(25-26-23)15-6-4-5-14(9-15)13-32(3,28)29/h4-11,27H,12-13H2,1-3H3,(H,24,25,26). The van der Waals surface area contributed by atoms with Crippen molar-refractivity contribution < 1.29 is 23.0 Å². The number of ether oxygens (including phenoxy) is 2. The summed E-state index contributed by atoms with van der Waals surface area (Å²) in [5, 5.41) is 18.0. The van der Waals surface area contributed by atoms with Gasteiger partial charge in [-0.3, -0.25) is 5.10 Å². The van der Waals surface area contributed by atoms with Crippen molar-refractivity contribution in [3.63, 3.8) is 0 Å². The first-order valence-electron chi connectivity index (χ1n) is 9.81. The fourth-order valence-corrected chi connectivity index (χ4v) is 4.62. The second-order valence-corrected chi connectivity index (χ2v) is 9.60. The van der Waals surface area contributed by atoms with Crippen LogP contribution in [0, 0.1) is 0 Å². The number of nitrogens with one attached hydrogen (secondary N) is 1. The molecule has 0 bridgehead atoms. The smallest absolute Gasteiger partial charge is 0.182 e. The van der Waals surface area contributed by atoms with E-state index in [1.54, 1.807) is 19.4 Å². The summed E-state index contributed by atoms with van der Waals surface area (Å²) in [5.74, 6) is 0.928. The monoisotopic (exact) mass is 453 g/mol. The Balaban J connectivity index is 1.92. The van der Waals surface area contributed by atoms with Crippen LogP contribution in [0.4, 0.5) is 0 Å². The van der Waals surface area contributed by atoms with E-state index in [0.29, 0.717) is 28.3 Å². The molecule has 0 aliphatic rings. The number of rotatable bonds is 7. The van der Waals surface area contributed by atoms with Crippen LogP contribution in [-0.2, 0) is 22.2 Å². The normalized spacial score (nSPS) is 11.6. The molecule has 2 aromatic carbocycles. The van der Waals surface area contributed by atoms with Gasteiger partial charge in [0.05, 0.1) is 37.7 Å². The summed E-state index contributed by atoms with van der Waals surface area (Å²) in [5.41, 5.74) is 4.95. The quantitative estimate of drug-likeness (QED) is 0.441. The van der Waals surface area contributed by atoms with E-state index in [1.807, 2.05) is 36.4 Å². The summed E-state index contributed by atoms with van der Waals surface area (Å²) in [6, 6.07) is 12.9. The minimum atomic E-state index is -3.17. The first kappa shape index (κ1) is 21.8. The molecule has 0 amide bonds. The number of aliphatic hydroxyl groups excluding tert-OH is 1. The van der Waals surface area contributed by atoms with Crippen LogP contribution in [0.25, 0.3) is 33.4 Å². The van der Waals surface area contributed by atoms with Crippen molar-refractivity contribution in [2.45, 2.75) is 12.4 Å². The largest absolute Gasteiger partial charge is 0.493 e. The molecule has 2 N–H and O–H groups in total. The highest BCUT2D eigenvalue weighted by Gasteiger charge is 2.18. The van der Waals surface area contributed by atoms with Crippen LogP contribution in [0.1, 0.15) is 11.1 Å². The van der Waals surface area contributed by atoms with Crippen LogP contribution in [0.5, 0.6) is 11.5 Å². The number of aromatic nitrogens is 3. The number of hydrogen-bond donors (Lipinski definition) is 2. The molecule has 0 saturated heterocycles. The molecule has 4 aromatic rings. The van der Waals surface area contributed by atoms with E-state index in [-0.39, 0.29) is 12.4 Å². The fourth-order valence-electron chi connectivity index (χ4n) is 3.83. The van der Waals surface area contributed by atoms with Crippen molar-refractivity contribution in [2.75, 3.05) is 20.5 Å². The zero-order valence-electron chi connectivity index (χ0n) is 17.9. The summed E-state index contributed by atoms with van der Waals surface area (Å²) >= 11 is 0. The van der Waals surface area contributed by atoms with Gasteiger partial charge in [0.15, 0.2) is 27.0 Å². The Morgan fingerprint density at radius 1 is 1.06 bits per heavy atom. The third-order valence-corrected chi connectivity index (χ3v) is 5.99. The molecule has 2 aromatic heterocycles. The van der Waals surface area contributed by atoms with E-state index in [9.17, 15) is 13.5 Å². The number of H-pyrrole nitrogens is 1. The minimum Gasteiger partial charge on any atom is -0.493 e. The Hall–Kier alpha value is -3.43. The van der Waals surface area contributed by atoms with Crippen molar-refractivity contribution in [3.05, 3.63) is 59.8 Å². The number of methoxy groups -OCH3 is 2. The molecular formula is C23H23N3O5S. The Kier molecular flexibility index (Phi) is 5.86. The van der Waals surface area contributed by atoms with Gasteiger partial charge in [0.1, 0.15) is 0 Å². The number of aromatic amines is 1. The number of fused-ring (bicyclic) bond motifs is 1. The molecule has 0 saturated carbocycles. The highest BCUT2D eigenvalue weighted by molar-refractivity contribution is 7.89. The zero-order valence-corrected chi connectivity index (χ0v) is 18.7. The molecule has 0 aliphatic heterocycles. The van der Waals surface area contributed by atoms with Crippen molar-refractivity contribution in [3.8, 4) is 33.9 Å². The third kappa shape index (κ3) is 4.17. The maximum atomic E-state index is 11.8. The number of aliphatic hydroxyl groups is 1. The van der Waals surface area contributed by atoms with Crippen molar-refractivity contribution in [1.82, 2.24) is 15.2 Å². The minimum absolute atomic E-state index is 0.0481. The summed E-state index contributed by atoms with van der Waals surface area (Å²) in [4.78, 5) is 4.37. The lowest BCUT2D eigenvalue weighted by Gasteiger charge is -2.15. The number of nitrogens with zero attached hydrogens (tertiary/aromatic N) is 2. The second-order valence-electron chi connectivity index (χ2n) is 7.46.